The fraction of sp³-hybridized carbons (Fsp3) is 0.190. The minimum atomic E-state index is -0.473. The van der Waals surface area contributed by atoms with Gasteiger partial charge in [-0.25, -0.2) is 14.6 Å². The largest absolute Gasteiger partial charge is 0.350 e. The van der Waals surface area contributed by atoms with E-state index in [-0.39, 0.29) is 23.7 Å². The number of aromatic nitrogens is 5. The van der Waals surface area contributed by atoms with Gasteiger partial charge in [0.15, 0.2) is 5.65 Å². The molecule has 0 spiro atoms. The molecular formula is C21H19N7O4S. The zero-order valence-electron chi connectivity index (χ0n) is 17.5. The Labute approximate surface area is 191 Å². The summed E-state index contributed by atoms with van der Waals surface area (Å²) in [5.41, 5.74) is 1.37. The smallest absolute Gasteiger partial charge is 0.269 e. The maximum absolute atomic E-state index is 12.8. The van der Waals surface area contributed by atoms with E-state index in [1.807, 2.05) is 6.26 Å². The number of non-ortho nitro benzene ring substituents is 1. The average Bonchev–Trinajstić information content (AvgIpc) is 3.24. The molecule has 4 rings (SSSR count). The molecule has 3 aromatic heterocycles. The van der Waals surface area contributed by atoms with Crippen LogP contribution in [0, 0.1) is 10.1 Å². The van der Waals surface area contributed by atoms with E-state index in [0.717, 1.165) is 5.56 Å². The summed E-state index contributed by atoms with van der Waals surface area (Å²) in [6.45, 7) is 0.860. The van der Waals surface area contributed by atoms with Crippen molar-refractivity contribution in [1.82, 2.24) is 29.6 Å². The Balaban J connectivity index is 1.45. The molecule has 0 saturated carbocycles. The molecule has 11 nitrogen and oxygen atoms in total. The minimum Gasteiger partial charge on any atom is -0.350 e. The van der Waals surface area contributed by atoms with E-state index >= 15 is 0 Å². The van der Waals surface area contributed by atoms with Gasteiger partial charge in [-0.15, -0.1) is 11.8 Å². The number of carbonyl (C=O) groups excluding carboxylic acids is 1. The Morgan fingerprint density at radius 3 is 2.73 bits per heavy atom. The topological polar surface area (TPSA) is 138 Å². The van der Waals surface area contributed by atoms with E-state index in [9.17, 15) is 19.7 Å². The number of nitro groups is 1. The number of nitrogens with one attached hydrogen (secondary N) is 1. The Hall–Kier alpha value is -4.06. The molecule has 0 aliphatic rings. The summed E-state index contributed by atoms with van der Waals surface area (Å²) in [6, 6.07) is 9.42. The molecule has 0 saturated heterocycles. The van der Waals surface area contributed by atoms with Crippen molar-refractivity contribution >= 4 is 34.4 Å². The number of benzene rings is 1. The highest BCUT2D eigenvalue weighted by Crippen LogP contribution is 2.16. The molecule has 1 amide bonds. The van der Waals surface area contributed by atoms with E-state index < -0.39 is 4.92 Å². The molecule has 1 N–H and O–H groups in total. The summed E-state index contributed by atoms with van der Waals surface area (Å²) >= 11 is 1.40. The molecular weight excluding hydrogens is 446 g/mol. The van der Waals surface area contributed by atoms with Crippen LogP contribution in [0.1, 0.15) is 15.9 Å². The Morgan fingerprint density at radius 2 is 2.00 bits per heavy atom. The second-order valence-corrected chi connectivity index (χ2v) is 7.82. The summed E-state index contributed by atoms with van der Waals surface area (Å²) in [4.78, 5) is 44.1. The third-order valence-electron chi connectivity index (χ3n) is 4.94. The fourth-order valence-electron chi connectivity index (χ4n) is 3.29. The van der Waals surface area contributed by atoms with Gasteiger partial charge < -0.3 is 5.32 Å². The molecule has 0 bridgehead atoms. The third kappa shape index (κ3) is 4.75. The SMILES string of the molecule is CSc1ncccc1C(=O)NCCn1ncc2c(=O)n(Cc3ccc([N+](=O)[O-])cc3)cnc21. The van der Waals surface area contributed by atoms with Gasteiger partial charge in [-0.2, -0.15) is 5.10 Å². The molecule has 0 unspecified atom stereocenters. The molecule has 0 atom stereocenters. The van der Waals surface area contributed by atoms with Gasteiger partial charge in [-0.3, -0.25) is 24.3 Å². The van der Waals surface area contributed by atoms with Crippen LogP contribution in [0.3, 0.4) is 0 Å². The molecule has 0 aliphatic carbocycles. The minimum absolute atomic E-state index is 0.0127. The van der Waals surface area contributed by atoms with Crippen LogP contribution in [0.5, 0.6) is 0 Å². The maximum atomic E-state index is 12.8. The summed E-state index contributed by atoms with van der Waals surface area (Å²) in [6.07, 6.45) is 6.36. The van der Waals surface area contributed by atoms with Crippen molar-refractivity contribution in [1.29, 1.82) is 0 Å². The zero-order chi connectivity index (χ0) is 23.4. The average molecular weight is 465 g/mol. The second-order valence-electron chi connectivity index (χ2n) is 7.02. The lowest BCUT2D eigenvalue weighted by Gasteiger charge is -2.09. The molecule has 168 valence electrons. The second kappa shape index (κ2) is 9.61. The van der Waals surface area contributed by atoms with Gasteiger partial charge in [0.05, 0.1) is 29.8 Å². The van der Waals surface area contributed by atoms with Crippen LogP contribution < -0.4 is 10.9 Å². The highest BCUT2D eigenvalue weighted by molar-refractivity contribution is 7.98. The quantitative estimate of drug-likeness (QED) is 0.237. The number of thioether (sulfide) groups is 1. The predicted molar refractivity (Wildman–Crippen MR) is 122 cm³/mol. The molecule has 3 heterocycles. The number of pyridine rings is 1. The normalized spacial score (nSPS) is 10.9. The number of nitro benzene ring substituents is 1. The van der Waals surface area contributed by atoms with Gasteiger partial charge >= 0.3 is 0 Å². The van der Waals surface area contributed by atoms with Gasteiger partial charge in [0.2, 0.25) is 0 Å². The lowest BCUT2D eigenvalue weighted by Crippen LogP contribution is -2.28. The van der Waals surface area contributed by atoms with Crippen molar-refractivity contribution in [3.05, 3.63) is 86.7 Å². The Bertz CT molecular complexity index is 1380. The lowest BCUT2D eigenvalue weighted by molar-refractivity contribution is -0.384. The van der Waals surface area contributed by atoms with Crippen molar-refractivity contribution < 1.29 is 9.72 Å². The standard InChI is InChI=1S/C21H19N7O4S/c1-33-20-16(3-2-8-23-20)19(29)22-9-10-27-18-17(11-25-27)21(30)26(13-24-18)12-14-4-6-15(7-5-14)28(31)32/h2-8,11,13H,9-10,12H2,1H3,(H,22,29). The number of hydrogen-bond acceptors (Lipinski definition) is 8. The van der Waals surface area contributed by atoms with Gasteiger partial charge in [-0.05, 0) is 24.0 Å². The number of amides is 1. The van der Waals surface area contributed by atoms with Gasteiger partial charge in [0, 0.05) is 24.9 Å². The first-order valence-corrected chi connectivity index (χ1v) is 11.1. The summed E-state index contributed by atoms with van der Waals surface area (Å²) < 4.78 is 2.98. The first-order valence-electron chi connectivity index (χ1n) is 9.89. The summed E-state index contributed by atoms with van der Waals surface area (Å²) in [5.74, 6) is -0.234. The van der Waals surface area contributed by atoms with E-state index in [4.69, 9.17) is 0 Å². The number of nitrogens with zero attached hydrogens (tertiary/aromatic N) is 6. The van der Waals surface area contributed by atoms with Gasteiger partial charge in [0.25, 0.3) is 17.2 Å². The van der Waals surface area contributed by atoms with Crippen molar-refractivity contribution in [2.75, 3.05) is 12.8 Å². The van der Waals surface area contributed by atoms with Crippen LogP contribution in [-0.4, -0.2) is 47.9 Å². The van der Waals surface area contributed by atoms with E-state index in [2.05, 4.69) is 20.4 Å². The molecule has 0 radical (unpaired) electrons. The molecule has 0 aliphatic heterocycles. The van der Waals surface area contributed by atoms with E-state index in [0.29, 0.717) is 34.7 Å². The van der Waals surface area contributed by atoms with Crippen molar-refractivity contribution in [3.63, 3.8) is 0 Å². The van der Waals surface area contributed by atoms with E-state index in [1.165, 1.54) is 41.0 Å². The molecule has 33 heavy (non-hydrogen) atoms. The monoisotopic (exact) mass is 465 g/mol. The van der Waals surface area contributed by atoms with E-state index in [1.54, 1.807) is 35.1 Å². The molecule has 4 aromatic rings. The Morgan fingerprint density at radius 1 is 1.21 bits per heavy atom. The molecule has 1 aromatic carbocycles. The Kier molecular flexibility index (Phi) is 6.45. The highest BCUT2D eigenvalue weighted by atomic mass is 32.2. The number of hydrogen-bond donors (Lipinski definition) is 1. The van der Waals surface area contributed by atoms with Crippen LogP contribution in [0.25, 0.3) is 11.0 Å². The first-order chi connectivity index (χ1) is 16.0. The van der Waals surface area contributed by atoms with Gasteiger partial charge in [-0.1, -0.05) is 12.1 Å². The number of carbonyl (C=O) groups is 1. The fourth-order valence-corrected chi connectivity index (χ4v) is 3.84. The van der Waals surface area contributed by atoms with Crippen LogP contribution in [-0.2, 0) is 13.1 Å². The van der Waals surface area contributed by atoms with Crippen LogP contribution in [0.4, 0.5) is 5.69 Å². The maximum Gasteiger partial charge on any atom is 0.269 e. The van der Waals surface area contributed by atoms with Crippen molar-refractivity contribution in [2.24, 2.45) is 0 Å². The summed E-state index contributed by atoms with van der Waals surface area (Å²) in [5, 5.41) is 18.9. The van der Waals surface area contributed by atoms with Crippen LogP contribution in [0.15, 0.2) is 64.9 Å². The zero-order valence-corrected chi connectivity index (χ0v) is 18.4. The van der Waals surface area contributed by atoms with Crippen molar-refractivity contribution in [3.8, 4) is 0 Å². The van der Waals surface area contributed by atoms with Crippen LogP contribution in [0.2, 0.25) is 0 Å². The number of fused-ring (bicyclic) bond motifs is 1. The third-order valence-corrected chi connectivity index (χ3v) is 5.65. The molecule has 0 fully saturated rings. The summed E-state index contributed by atoms with van der Waals surface area (Å²) in [7, 11) is 0. The lowest BCUT2D eigenvalue weighted by atomic mass is 10.2. The van der Waals surface area contributed by atoms with Crippen LogP contribution >= 0.6 is 11.8 Å². The highest BCUT2D eigenvalue weighted by Gasteiger charge is 2.13. The number of rotatable bonds is 8. The predicted octanol–water partition coefficient (Wildman–Crippen LogP) is 2.10. The molecule has 12 heteroatoms. The van der Waals surface area contributed by atoms with Crippen molar-refractivity contribution in [2.45, 2.75) is 18.1 Å². The first kappa shape index (κ1) is 22.1. The van der Waals surface area contributed by atoms with Gasteiger partial charge in [0.1, 0.15) is 16.7 Å².